The number of nitrogens with one attached hydrogen (secondary N) is 1. The van der Waals surface area contributed by atoms with Gasteiger partial charge < -0.3 is 15.2 Å². The van der Waals surface area contributed by atoms with Gasteiger partial charge >= 0.3 is 0 Å². The number of aliphatic hydroxyl groups excluding tert-OH is 1. The van der Waals surface area contributed by atoms with Crippen molar-refractivity contribution in [2.24, 2.45) is 5.92 Å². The topological polar surface area (TPSA) is 41.5 Å². The van der Waals surface area contributed by atoms with Gasteiger partial charge in [-0.1, -0.05) is 13.8 Å². The molecular formula is C11H25NO2. The van der Waals surface area contributed by atoms with Gasteiger partial charge in [0.1, 0.15) is 0 Å². The van der Waals surface area contributed by atoms with E-state index in [-0.39, 0.29) is 6.61 Å². The van der Waals surface area contributed by atoms with Crippen LogP contribution in [0.2, 0.25) is 0 Å². The van der Waals surface area contributed by atoms with E-state index in [0.29, 0.717) is 12.0 Å². The van der Waals surface area contributed by atoms with Crippen LogP contribution in [0.15, 0.2) is 0 Å². The molecule has 0 amide bonds. The van der Waals surface area contributed by atoms with Crippen molar-refractivity contribution in [1.82, 2.24) is 5.32 Å². The lowest BCUT2D eigenvalue weighted by molar-refractivity contribution is 0.107. The molecule has 1 atom stereocenters. The van der Waals surface area contributed by atoms with Gasteiger partial charge in [0.25, 0.3) is 0 Å². The van der Waals surface area contributed by atoms with E-state index >= 15 is 0 Å². The first-order chi connectivity index (χ1) is 6.66. The zero-order chi connectivity index (χ0) is 10.8. The number of unbranched alkanes of at least 4 members (excludes halogenated alkanes) is 1. The van der Waals surface area contributed by atoms with Crippen molar-refractivity contribution in [1.29, 1.82) is 0 Å². The molecule has 1 unspecified atom stereocenters. The SMILES string of the molecule is CC(C)CNC(C)COCCCCO. The molecule has 0 saturated carbocycles. The van der Waals surface area contributed by atoms with Crippen molar-refractivity contribution in [3.8, 4) is 0 Å². The number of hydrogen-bond acceptors (Lipinski definition) is 3. The molecule has 0 rings (SSSR count). The van der Waals surface area contributed by atoms with Crippen LogP contribution in [-0.4, -0.2) is 37.5 Å². The molecule has 14 heavy (non-hydrogen) atoms. The van der Waals surface area contributed by atoms with E-state index in [2.05, 4.69) is 26.1 Å². The van der Waals surface area contributed by atoms with Gasteiger partial charge in [-0.15, -0.1) is 0 Å². The molecule has 0 heterocycles. The Kier molecular flexibility index (Phi) is 9.35. The number of aliphatic hydroxyl groups is 1. The highest BCUT2D eigenvalue weighted by Crippen LogP contribution is 1.93. The fourth-order valence-electron chi connectivity index (χ4n) is 1.07. The van der Waals surface area contributed by atoms with E-state index in [1.54, 1.807) is 0 Å². The molecular weight excluding hydrogens is 178 g/mol. The number of hydrogen-bond donors (Lipinski definition) is 2. The summed E-state index contributed by atoms with van der Waals surface area (Å²) in [6, 6.07) is 0.423. The summed E-state index contributed by atoms with van der Waals surface area (Å²) in [4.78, 5) is 0. The molecule has 0 spiro atoms. The summed E-state index contributed by atoms with van der Waals surface area (Å²) in [5, 5.41) is 12.0. The lowest BCUT2D eigenvalue weighted by Crippen LogP contribution is -2.33. The van der Waals surface area contributed by atoms with Crippen LogP contribution >= 0.6 is 0 Å². The Hall–Kier alpha value is -0.120. The van der Waals surface area contributed by atoms with Gasteiger partial charge in [-0.25, -0.2) is 0 Å². The monoisotopic (exact) mass is 203 g/mol. The molecule has 0 bridgehead atoms. The summed E-state index contributed by atoms with van der Waals surface area (Å²) in [7, 11) is 0. The first-order valence-electron chi connectivity index (χ1n) is 5.58. The Morgan fingerprint density at radius 2 is 1.93 bits per heavy atom. The molecule has 0 aliphatic rings. The van der Waals surface area contributed by atoms with Gasteiger partial charge in [0.15, 0.2) is 0 Å². The maximum atomic E-state index is 8.55. The summed E-state index contributed by atoms with van der Waals surface area (Å²) in [5.74, 6) is 0.687. The average molecular weight is 203 g/mol. The van der Waals surface area contributed by atoms with Crippen LogP contribution in [0.1, 0.15) is 33.6 Å². The first kappa shape index (κ1) is 13.9. The van der Waals surface area contributed by atoms with Crippen LogP contribution in [0.3, 0.4) is 0 Å². The lowest BCUT2D eigenvalue weighted by atomic mass is 10.2. The minimum absolute atomic E-state index is 0.268. The van der Waals surface area contributed by atoms with Crippen LogP contribution in [0.5, 0.6) is 0 Å². The second-order valence-electron chi connectivity index (χ2n) is 4.21. The summed E-state index contributed by atoms with van der Waals surface area (Å²) in [6.45, 7) is 9.36. The first-order valence-corrected chi connectivity index (χ1v) is 5.58. The molecule has 0 aliphatic heterocycles. The zero-order valence-corrected chi connectivity index (χ0v) is 9.75. The van der Waals surface area contributed by atoms with Crippen molar-refractivity contribution in [2.45, 2.75) is 39.7 Å². The number of ether oxygens (including phenoxy) is 1. The molecule has 0 aromatic rings. The van der Waals surface area contributed by atoms with E-state index in [4.69, 9.17) is 9.84 Å². The van der Waals surface area contributed by atoms with Crippen molar-refractivity contribution < 1.29 is 9.84 Å². The summed E-state index contributed by atoms with van der Waals surface area (Å²) in [6.07, 6.45) is 1.79. The van der Waals surface area contributed by atoms with E-state index < -0.39 is 0 Å². The smallest absolute Gasteiger partial charge is 0.0616 e. The highest BCUT2D eigenvalue weighted by atomic mass is 16.5. The van der Waals surface area contributed by atoms with Crippen LogP contribution in [0.25, 0.3) is 0 Å². The van der Waals surface area contributed by atoms with Gasteiger partial charge in [0, 0.05) is 19.3 Å². The van der Waals surface area contributed by atoms with Gasteiger partial charge in [-0.2, -0.15) is 0 Å². The Balaban J connectivity index is 3.14. The fourth-order valence-corrected chi connectivity index (χ4v) is 1.07. The maximum absolute atomic E-state index is 8.55. The van der Waals surface area contributed by atoms with Crippen molar-refractivity contribution in [2.75, 3.05) is 26.4 Å². The molecule has 86 valence electrons. The van der Waals surface area contributed by atoms with Gasteiger partial charge in [0.2, 0.25) is 0 Å². The Morgan fingerprint density at radius 1 is 1.21 bits per heavy atom. The minimum Gasteiger partial charge on any atom is -0.396 e. The fraction of sp³-hybridized carbons (Fsp3) is 1.00. The average Bonchev–Trinajstić information content (AvgIpc) is 2.14. The van der Waals surface area contributed by atoms with Gasteiger partial charge in [-0.3, -0.25) is 0 Å². The molecule has 0 saturated heterocycles. The summed E-state index contributed by atoms with van der Waals surface area (Å²) < 4.78 is 5.46. The van der Waals surface area contributed by atoms with Crippen LogP contribution in [0, 0.1) is 5.92 Å². The van der Waals surface area contributed by atoms with E-state index in [1.165, 1.54) is 0 Å². The molecule has 3 heteroatoms. The third-order valence-electron chi connectivity index (χ3n) is 1.94. The highest BCUT2D eigenvalue weighted by molar-refractivity contribution is 4.60. The predicted molar refractivity (Wildman–Crippen MR) is 59.4 cm³/mol. The van der Waals surface area contributed by atoms with Crippen molar-refractivity contribution in [3.05, 3.63) is 0 Å². The van der Waals surface area contributed by atoms with Gasteiger partial charge in [0.05, 0.1) is 6.61 Å². The van der Waals surface area contributed by atoms with E-state index in [9.17, 15) is 0 Å². The molecule has 3 nitrogen and oxygen atoms in total. The normalized spacial score (nSPS) is 13.5. The van der Waals surface area contributed by atoms with Crippen LogP contribution in [-0.2, 0) is 4.74 Å². The molecule has 0 radical (unpaired) electrons. The third kappa shape index (κ3) is 9.96. The third-order valence-corrected chi connectivity index (χ3v) is 1.94. The van der Waals surface area contributed by atoms with Crippen molar-refractivity contribution in [3.63, 3.8) is 0 Å². The molecule has 0 aromatic heterocycles. The van der Waals surface area contributed by atoms with E-state index in [0.717, 1.165) is 32.6 Å². The quantitative estimate of drug-likeness (QED) is 0.557. The number of rotatable bonds is 9. The van der Waals surface area contributed by atoms with Crippen molar-refractivity contribution >= 4 is 0 Å². The Labute approximate surface area is 87.8 Å². The Bertz CT molecular complexity index is 118. The van der Waals surface area contributed by atoms with Gasteiger partial charge in [-0.05, 0) is 32.2 Å². The lowest BCUT2D eigenvalue weighted by Gasteiger charge is -2.15. The van der Waals surface area contributed by atoms with Crippen LogP contribution in [0.4, 0.5) is 0 Å². The largest absolute Gasteiger partial charge is 0.396 e. The molecule has 0 aliphatic carbocycles. The van der Waals surface area contributed by atoms with E-state index in [1.807, 2.05) is 0 Å². The molecule has 2 N–H and O–H groups in total. The maximum Gasteiger partial charge on any atom is 0.0616 e. The van der Waals surface area contributed by atoms with Crippen LogP contribution < -0.4 is 5.32 Å². The predicted octanol–water partition coefficient (Wildman–Crippen LogP) is 1.41. The Morgan fingerprint density at radius 3 is 2.50 bits per heavy atom. The minimum atomic E-state index is 0.268. The highest BCUT2D eigenvalue weighted by Gasteiger charge is 2.01. The standard InChI is InChI=1S/C11H25NO2/c1-10(2)8-12-11(3)9-14-7-5-4-6-13/h10-13H,4-9H2,1-3H3. The molecule has 0 fully saturated rings. The molecule has 0 aromatic carbocycles. The second kappa shape index (κ2) is 9.44. The zero-order valence-electron chi connectivity index (χ0n) is 9.75. The summed E-state index contributed by atoms with van der Waals surface area (Å²) >= 11 is 0. The second-order valence-corrected chi connectivity index (χ2v) is 4.21. The summed E-state index contributed by atoms with van der Waals surface area (Å²) in [5.41, 5.74) is 0.